The first kappa shape index (κ1) is 13.4. The number of rotatable bonds is 2. The Labute approximate surface area is 121 Å². The standard InChI is InChI=1S/C16H14FNO3/c1-10-8-14-15(21-7-6-20-14)9-13(10)18-16(19)11-2-4-12(17)5-3-11/h2-5,8-9H,6-7H2,1H3,(H,18,19). The third-order valence-electron chi connectivity index (χ3n) is 3.24. The largest absolute Gasteiger partial charge is 0.486 e. The maximum Gasteiger partial charge on any atom is 0.255 e. The average molecular weight is 287 g/mol. The second-order valence-electron chi connectivity index (χ2n) is 4.77. The van der Waals surface area contributed by atoms with Crippen molar-refractivity contribution in [1.29, 1.82) is 0 Å². The number of hydrogen-bond donors (Lipinski definition) is 1. The van der Waals surface area contributed by atoms with E-state index in [1.165, 1.54) is 24.3 Å². The molecule has 2 aromatic carbocycles. The molecule has 0 aromatic heterocycles. The Hall–Kier alpha value is -2.56. The lowest BCUT2D eigenvalue weighted by Gasteiger charge is -2.20. The van der Waals surface area contributed by atoms with E-state index in [1.807, 2.05) is 13.0 Å². The first-order valence-electron chi connectivity index (χ1n) is 6.60. The summed E-state index contributed by atoms with van der Waals surface area (Å²) < 4.78 is 23.8. The fourth-order valence-corrected chi connectivity index (χ4v) is 2.12. The number of carbonyl (C=O) groups excluding carboxylic acids is 1. The van der Waals surface area contributed by atoms with Crippen molar-refractivity contribution in [3.63, 3.8) is 0 Å². The second-order valence-corrected chi connectivity index (χ2v) is 4.77. The maximum absolute atomic E-state index is 12.9. The quantitative estimate of drug-likeness (QED) is 0.923. The molecule has 0 aliphatic carbocycles. The molecule has 0 radical (unpaired) electrons. The predicted molar refractivity (Wildman–Crippen MR) is 76.5 cm³/mol. The Kier molecular flexibility index (Phi) is 3.48. The van der Waals surface area contributed by atoms with Crippen molar-refractivity contribution in [3.05, 3.63) is 53.3 Å². The Morgan fingerprint density at radius 1 is 1.10 bits per heavy atom. The van der Waals surface area contributed by atoms with Gasteiger partial charge in [-0.05, 0) is 42.8 Å². The van der Waals surface area contributed by atoms with Crippen molar-refractivity contribution in [2.45, 2.75) is 6.92 Å². The molecule has 0 atom stereocenters. The molecular weight excluding hydrogens is 273 g/mol. The second kappa shape index (κ2) is 5.44. The monoisotopic (exact) mass is 287 g/mol. The van der Waals surface area contributed by atoms with E-state index >= 15 is 0 Å². The van der Waals surface area contributed by atoms with Gasteiger partial charge in [0.2, 0.25) is 0 Å². The van der Waals surface area contributed by atoms with E-state index in [-0.39, 0.29) is 11.7 Å². The van der Waals surface area contributed by atoms with Crippen molar-refractivity contribution in [2.24, 2.45) is 0 Å². The molecule has 5 heteroatoms. The highest BCUT2D eigenvalue weighted by atomic mass is 19.1. The van der Waals surface area contributed by atoms with Gasteiger partial charge < -0.3 is 14.8 Å². The van der Waals surface area contributed by atoms with Gasteiger partial charge in [0, 0.05) is 17.3 Å². The van der Waals surface area contributed by atoms with Crippen LogP contribution in [0.25, 0.3) is 0 Å². The van der Waals surface area contributed by atoms with Crippen molar-refractivity contribution in [1.82, 2.24) is 0 Å². The van der Waals surface area contributed by atoms with Crippen LogP contribution in [0.5, 0.6) is 11.5 Å². The zero-order valence-corrected chi connectivity index (χ0v) is 11.5. The third-order valence-corrected chi connectivity index (χ3v) is 3.24. The molecule has 1 amide bonds. The zero-order chi connectivity index (χ0) is 14.8. The minimum absolute atomic E-state index is 0.297. The van der Waals surface area contributed by atoms with Crippen molar-refractivity contribution < 1.29 is 18.7 Å². The van der Waals surface area contributed by atoms with Gasteiger partial charge in [-0.15, -0.1) is 0 Å². The van der Waals surface area contributed by atoms with E-state index in [9.17, 15) is 9.18 Å². The first-order valence-corrected chi connectivity index (χ1v) is 6.60. The Morgan fingerprint density at radius 2 is 1.71 bits per heavy atom. The van der Waals surface area contributed by atoms with Gasteiger partial charge in [0.05, 0.1) is 0 Å². The van der Waals surface area contributed by atoms with E-state index < -0.39 is 0 Å². The first-order chi connectivity index (χ1) is 10.1. The van der Waals surface area contributed by atoms with Crippen LogP contribution in [0.3, 0.4) is 0 Å². The summed E-state index contributed by atoms with van der Waals surface area (Å²) in [5.74, 6) is 0.622. The molecular formula is C16H14FNO3. The number of aryl methyl sites for hydroxylation is 1. The molecule has 0 fully saturated rings. The Morgan fingerprint density at radius 3 is 2.38 bits per heavy atom. The van der Waals surface area contributed by atoms with Gasteiger partial charge >= 0.3 is 0 Å². The maximum atomic E-state index is 12.9. The summed E-state index contributed by atoms with van der Waals surface area (Å²) >= 11 is 0. The van der Waals surface area contributed by atoms with Gasteiger partial charge in [0.25, 0.3) is 5.91 Å². The number of nitrogens with one attached hydrogen (secondary N) is 1. The zero-order valence-electron chi connectivity index (χ0n) is 11.5. The molecule has 2 aromatic rings. The molecule has 4 nitrogen and oxygen atoms in total. The lowest BCUT2D eigenvalue weighted by Crippen LogP contribution is -2.17. The topological polar surface area (TPSA) is 47.6 Å². The molecule has 0 unspecified atom stereocenters. The van der Waals surface area contributed by atoms with Crippen LogP contribution in [0.15, 0.2) is 36.4 Å². The molecule has 21 heavy (non-hydrogen) atoms. The number of benzene rings is 2. The van der Waals surface area contributed by atoms with Crippen LogP contribution in [-0.2, 0) is 0 Å². The number of hydrogen-bond acceptors (Lipinski definition) is 3. The van der Waals surface area contributed by atoms with Gasteiger partial charge in [0.1, 0.15) is 19.0 Å². The van der Waals surface area contributed by atoms with Gasteiger partial charge in [-0.25, -0.2) is 4.39 Å². The van der Waals surface area contributed by atoms with E-state index in [2.05, 4.69) is 5.32 Å². The van der Waals surface area contributed by atoms with Crippen LogP contribution in [0.4, 0.5) is 10.1 Å². The lowest BCUT2D eigenvalue weighted by atomic mass is 10.1. The van der Waals surface area contributed by atoms with Gasteiger partial charge in [-0.3, -0.25) is 4.79 Å². The summed E-state index contributed by atoms with van der Waals surface area (Å²) in [6.07, 6.45) is 0. The Bertz CT molecular complexity index is 683. The minimum atomic E-state index is -0.373. The smallest absolute Gasteiger partial charge is 0.255 e. The van der Waals surface area contributed by atoms with Gasteiger partial charge in [0.15, 0.2) is 11.5 Å². The summed E-state index contributed by atoms with van der Waals surface area (Å²) in [4.78, 5) is 12.1. The van der Waals surface area contributed by atoms with Crippen LogP contribution >= 0.6 is 0 Å². The molecule has 1 aliphatic heterocycles. The summed E-state index contributed by atoms with van der Waals surface area (Å²) in [6.45, 7) is 2.88. The number of amides is 1. The van der Waals surface area contributed by atoms with Crippen LogP contribution in [0.1, 0.15) is 15.9 Å². The molecule has 108 valence electrons. The SMILES string of the molecule is Cc1cc2c(cc1NC(=O)c1ccc(F)cc1)OCCO2. The van der Waals surface area contributed by atoms with E-state index in [4.69, 9.17) is 9.47 Å². The third kappa shape index (κ3) is 2.81. The molecule has 0 saturated heterocycles. The van der Waals surface area contributed by atoms with Gasteiger partial charge in [-0.1, -0.05) is 0 Å². The number of fused-ring (bicyclic) bond motifs is 1. The fourth-order valence-electron chi connectivity index (χ4n) is 2.12. The molecule has 1 aliphatic rings. The highest BCUT2D eigenvalue weighted by Crippen LogP contribution is 2.35. The van der Waals surface area contributed by atoms with Crippen molar-refractivity contribution in [3.8, 4) is 11.5 Å². The van der Waals surface area contributed by atoms with Crippen molar-refractivity contribution in [2.75, 3.05) is 18.5 Å². The van der Waals surface area contributed by atoms with Crippen LogP contribution in [-0.4, -0.2) is 19.1 Å². The summed E-state index contributed by atoms with van der Waals surface area (Å²) in [5, 5.41) is 2.80. The van der Waals surface area contributed by atoms with Crippen LogP contribution in [0.2, 0.25) is 0 Å². The number of halogens is 1. The minimum Gasteiger partial charge on any atom is -0.486 e. The summed E-state index contributed by atoms with van der Waals surface area (Å²) in [7, 11) is 0. The van der Waals surface area contributed by atoms with E-state index in [0.29, 0.717) is 36.0 Å². The lowest BCUT2D eigenvalue weighted by molar-refractivity contribution is 0.102. The predicted octanol–water partition coefficient (Wildman–Crippen LogP) is 3.16. The van der Waals surface area contributed by atoms with Crippen molar-refractivity contribution >= 4 is 11.6 Å². The van der Waals surface area contributed by atoms with Crippen LogP contribution in [0, 0.1) is 12.7 Å². The number of carbonyl (C=O) groups is 1. The average Bonchev–Trinajstić information content (AvgIpc) is 2.48. The summed E-state index contributed by atoms with van der Waals surface area (Å²) in [6, 6.07) is 8.97. The van der Waals surface area contributed by atoms with E-state index in [0.717, 1.165) is 5.56 Å². The molecule has 0 spiro atoms. The van der Waals surface area contributed by atoms with Gasteiger partial charge in [-0.2, -0.15) is 0 Å². The molecule has 1 heterocycles. The van der Waals surface area contributed by atoms with E-state index in [1.54, 1.807) is 6.07 Å². The Balaban J connectivity index is 1.84. The molecule has 0 bridgehead atoms. The molecule has 1 N–H and O–H groups in total. The molecule has 0 saturated carbocycles. The summed E-state index contributed by atoms with van der Waals surface area (Å²) in [5.41, 5.74) is 1.91. The number of ether oxygens (including phenoxy) is 2. The fraction of sp³-hybridized carbons (Fsp3) is 0.188. The highest BCUT2D eigenvalue weighted by molar-refractivity contribution is 6.04. The highest BCUT2D eigenvalue weighted by Gasteiger charge is 2.16. The number of anilines is 1. The normalized spacial score (nSPS) is 12.9. The molecule has 3 rings (SSSR count). The van der Waals surface area contributed by atoms with Crippen LogP contribution < -0.4 is 14.8 Å².